The normalized spacial score (nSPS) is 14.8. The number of hydrogen-bond acceptors (Lipinski definition) is 5. The fourth-order valence-corrected chi connectivity index (χ4v) is 6.62. The van der Waals surface area contributed by atoms with Gasteiger partial charge in [-0.05, 0) is 93.6 Å². The summed E-state index contributed by atoms with van der Waals surface area (Å²) in [6.45, 7) is 7.58. The molecule has 0 spiro atoms. The van der Waals surface area contributed by atoms with Gasteiger partial charge >= 0.3 is 0 Å². The van der Waals surface area contributed by atoms with Crippen LogP contribution in [0.15, 0.2) is 116 Å². The molecule has 0 bridgehead atoms. The summed E-state index contributed by atoms with van der Waals surface area (Å²) in [5, 5.41) is 0. The molecule has 0 aliphatic carbocycles. The summed E-state index contributed by atoms with van der Waals surface area (Å²) in [4.78, 5) is 11.7. The Kier molecular flexibility index (Phi) is 5.70. The molecule has 8 rings (SSSR count). The summed E-state index contributed by atoms with van der Waals surface area (Å²) in [5.41, 5.74) is 11.7. The summed E-state index contributed by atoms with van der Waals surface area (Å²) in [6.07, 6.45) is 6.19. The lowest BCUT2D eigenvalue weighted by molar-refractivity contribution is 0.486. The molecule has 4 heterocycles. The molecular weight excluding hydrogens is 527 g/mol. The molecule has 0 radical (unpaired) electrons. The molecule has 3 aliphatic rings. The molecule has 0 saturated carbocycles. The number of ether oxygens (including phenoxy) is 1. The second kappa shape index (κ2) is 9.53. The molecule has 0 N–H and O–H groups in total. The van der Waals surface area contributed by atoms with Gasteiger partial charge in [-0.15, -0.1) is 0 Å². The van der Waals surface area contributed by atoms with Gasteiger partial charge in [0.15, 0.2) is 0 Å². The number of hydrogen-bond donors (Lipinski definition) is 0. The van der Waals surface area contributed by atoms with Crippen LogP contribution < -0.4 is 30.9 Å². The number of pyridine rings is 1. The van der Waals surface area contributed by atoms with Crippen molar-refractivity contribution in [3.8, 4) is 22.8 Å². The molecule has 1 aromatic heterocycles. The van der Waals surface area contributed by atoms with E-state index in [1.807, 2.05) is 6.20 Å². The van der Waals surface area contributed by atoms with Crippen LogP contribution in [0.25, 0.3) is 11.3 Å². The molecule has 0 atom stereocenters. The van der Waals surface area contributed by atoms with E-state index in [0.29, 0.717) is 0 Å². The van der Waals surface area contributed by atoms with Gasteiger partial charge in [-0.1, -0.05) is 57.2 Å². The van der Waals surface area contributed by atoms with Crippen molar-refractivity contribution in [1.29, 1.82) is 0 Å². The topological polar surface area (TPSA) is 31.8 Å². The number of para-hydroxylation sites is 1. The van der Waals surface area contributed by atoms with Gasteiger partial charge in [0.2, 0.25) is 0 Å². The fraction of sp³-hybridized carbons (Fsp3) is 0.162. The third-order valence-corrected chi connectivity index (χ3v) is 8.82. The zero-order valence-corrected chi connectivity index (χ0v) is 25.0. The predicted molar refractivity (Wildman–Crippen MR) is 178 cm³/mol. The molecule has 0 amide bonds. The SMILES string of the molecule is CN1C=CN(c2ccc3c(c2)B2c4cc(-c5cc(C(C)(C)C)ccn5)ccc4N(c4ccccc4)c4cccc(c42)O3)C1. The van der Waals surface area contributed by atoms with Crippen molar-refractivity contribution < 1.29 is 4.74 Å². The monoisotopic (exact) mass is 560 g/mol. The maximum atomic E-state index is 6.64. The minimum Gasteiger partial charge on any atom is -0.458 e. The van der Waals surface area contributed by atoms with Crippen LogP contribution >= 0.6 is 0 Å². The van der Waals surface area contributed by atoms with Crippen LogP contribution in [-0.4, -0.2) is 30.3 Å². The van der Waals surface area contributed by atoms with Crippen LogP contribution in [0.3, 0.4) is 0 Å². The van der Waals surface area contributed by atoms with E-state index < -0.39 is 0 Å². The summed E-state index contributed by atoms with van der Waals surface area (Å²) in [5.74, 6) is 1.82. The summed E-state index contributed by atoms with van der Waals surface area (Å²) in [7, 11) is 2.10. The minimum absolute atomic E-state index is 0.0138. The lowest BCUT2D eigenvalue weighted by Crippen LogP contribution is -2.59. The van der Waals surface area contributed by atoms with Crippen molar-refractivity contribution >= 4 is 45.9 Å². The number of anilines is 4. The lowest BCUT2D eigenvalue weighted by Gasteiger charge is -2.40. The molecule has 5 aromatic rings. The molecule has 0 saturated heterocycles. The van der Waals surface area contributed by atoms with Crippen molar-refractivity contribution in [1.82, 2.24) is 9.88 Å². The first-order valence-corrected chi connectivity index (χ1v) is 14.9. The van der Waals surface area contributed by atoms with Crippen LogP contribution in [0, 0.1) is 0 Å². The number of nitrogens with zero attached hydrogens (tertiary/aromatic N) is 4. The van der Waals surface area contributed by atoms with E-state index in [1.165, 1.54) is 27.6 Å². The second-order valence-corrected chi connectivity index (χ2v) is 12.7. The van der Waals surface area contributed by atoms with Gasteiger partial charge in [-0.25, -0.2) is 0 Å². The average Bonchev–Trinajstić information content (AvgIpc) is 3.46. The average molecular weight is 561 g/mol. The quantitative estimate of drug-likeness (QED) is 0.227. The van der Waals surface area contributed by atoms with Gasteiger partial charge in [-0.3, -0.25) is 4.98 Å². The van der Waals surface area contributed by atoms with Crippen molar-refractivity contribution in [3.05, 3.63) is 121 Å². The van der Waals surface area contributed by atoms with Crippen LogP contribution in [0.5, 0.6) is 11.5 Å². The number of benzene rings is 4. The zero-order valence-electron chi connectivity index (χ0n) is 25.0. The van der Waals surface area contributed by atoms with Gasteiger partial charge in [-0.2, -0.15) is 0 Å². The van der Waals surface area contributed by atoms with Gasteiger partial charge in [0.25, 0.3) is 6.71 Å². The van der Waals surface area contributed by atoms with Gasteiger partial charge in [0.1, 0.15) is 11.5 Å². The highest BCUT2D eigenvalue weighted by Gasteiger charge is 2.42. The highest BCUT2D eigenvalue weighted by molar-refractivity contribution is 6.99. The second-order valence-electron chi connectivity index (χ2n) is 12.7. The maximum Gasteiger partial charge on any atom is 0.256 e. The fourth-order valence-electron chi connectivity index (χ4n) is 6.62. The Bertz CT molecular complexity index is 1910. The molecule has 0 fully saturated rings. The first kappa shape index (κ1) is 25.7. The van der Waals surface area contributed by atoms with E-state index in [0.717, 1.165) is 46.5 Å². The van der Waals surface area contributed by atoms with E-state index in [-0.39, 0.29) is 12.1 Å². The molecular formula is C37H33BN4O. The highest BCUT2D eigenvalue weighted by atomic mass is 16.5. The van der Waals surface area contributed by atoms with Crippen molar-refractivity contribution in [2.24, 2.45) is 0 Å². The molecule has 43 heavy (non-hydrogen) atoms. The molecule has 210 valence electrons. The van der Waals surface area contributed by atoms with Crippen molar-refractivity contribution in [2.45, 2.75) is 26.2 Å². The molecule has 5 nitrogen and oxygen atoms in total. The molecule has 0 unspecified atom stereocenters. The molecule has 4 aromatic carbocycles. The number of aromatic nitrogens is 1. The summed E-state index contributed by atoms with van der Waals surface area (Å²) >= 11 is 0. The number of fused-ring (bicyclic) bond motifs is 4. The van der Waals surface area contributed by atoms with Crippen molar-refractivity contribution in [2.75, 3.05) is 23.5 Å². The summed E-state index contributed by atoms with van der Waals surface area (Å²) < 4.78 is 6.64. The molecule has 6 heteroatoms. The van der Waals surface area contributed by atoms with Crippen LogP contribution in [0.2, 0.25) is 0 Å². The third kappa shape index (κ3) is 4.20. The first-order chi connectivity index (χ1) is 20.8. The zero-order chi connectivity index (χ0) is 29.3. The van der Waals surface area contributed by atoms with Crippen LogP contribution in [0.4, 0.5) is 22.7 Å². The van der Waals surface area contributed by atoms with Gasteiger partial charge < -0.3 is 19.4 Å². The van der Waals surface area contributed by atoms with E-state index >= 15 is 0 Å². The maximum absolute atomic E-state index is 6.64. The Hall–Kier alpha value is -4.97. The Morgan fingerprint density at radius 3 is 2.40 bits per heavy atom. The number of rotatable bonds is 3. The smallest absolute Gasteiger partial charge is 0.256 e. The largest absolute Gasteiger partial charge is 0.458 e. The highest BCUT2D eigenvalue weighted by Crippen LogP contribution is 2.41. The third-order valence-electron chi connectivity index (χ3n) is 8.82. The molecule has 3 aliphatic heterocycles. The Labute approximate surface area is 253 Å². The summed E-state index contributed by atoms with van der Waals surface area (Å²) in [6, 6.07) is 34.9. The predicted octanol–water partition coefficient (Wildman–Crippen LogP) is 6.63. The Morgan fingerprint density at radius 1 is 0.744 bits per heavy atom. The standard InChI is InChI=1S/C37H33BN4O/c1-37(2,3)26-17-18-39-31(22-26)25-13-15-32-29(21-25)38-30-23-28(41-20-19-40(4)24-41)14-16-34(30)43-35-12-8-11-33(36(35)38)42(32)27-9-6-5-7-10-27/h5-23H,24H2,1-4H3. The van der Waals surface area contributed by atoms with E-state index in [1.54, 1.807) is 0 Å². The Balaban J connectivity index is 1.36. The van der Waals surface area contributed by atoms with Gasteiger partial charge in [0, 0.05) is 48.4 Å². The van der Waals surface area contributed by atoms with E-state index in [9.17, 15) is 0 Å². The van der Waals surface area contributed by atoms with Crippen molar-refractivity contribution in [3.63, 3.8) is 0 Å². The van der Waals surface area contributed by atoms with Gasteiger partial charge in [0.05, 0.1) is 12.4 Å². The van der Waals surface area contributed by atoms with Crippen LogP contribution in [-0.2, 0) is 5.41 Å². The van der Waals surface area contributed by atoms with Crippen LogP contribution in [0.1, 0.15) is 26.3 Å². The minimum atomic E-state index is 0.0138. The lowest BCUT2D eigenvalue weighted by atomic mass is 9.34. The van der Waals surface area contributed by atoms with E-state index in [2.05, 4.69) is 152 Å². The van der Waals surface area contributed by atoms with E-state index in [4.69, 9.17) is 9.72 Å². The first-order valence-electron chi connectivity index (χ1n) is 14.9. The Morgan fingerprint density at radius 2 is 1.60 bits per heavy atom.